The topological polar surface area (TPSA) is 12.9 Å². The summed E-state index contributed by atoms with van der Waals surface area (Å²) >= 11 is 0. The molecule has 1 nitrogen and oxygen atoms in total. The molecule has 7 heteroatoms. The lowest BCUT2D eigenvalue weighted by Gasteiger charge is -2.13. The van der Waals surface area contributed by atoms with E-state index in [9.17, 15) is 21.7 Å². The molecule has 1 aromatic heterocycles. The quantitative estimate of drug-likeness (QED) is 0.521. The van der Waals surface area contributed by atoms with Gasteiger partial charge in [0.15, 0.2) is 0 Å². The van der Waals surface area contributed by atoms with Gasteiger partial charge < -0.3 is 12.9 Å². The monoisotopic (exact) mass is 196 g/mol. The molecule has 0 atom stereocenters. The molecule has 1 rings (SSSR count). The number of alkyl halides is 2. The van der Waals surface area contributed by atoms with Crippen molar-refractivity contribution in [2.24, 2.45) is 0 Å². The van der Waals surface area contributed by atoms with E-state index in [2.05, 4.69) is 4.98 Å². The Kier molecular flexibility index (Phi) is 2.54. The lowest BCUT2D eigenvalue weighted by molar-refractivity contribution is 0.146. The zero-order valence-electron chi connectivity index (χ0n) is 6.22. The molecule has 0 radical (unpaired) electrons. The molecule has 0 unspecified atom stereocenters. The second-order valence-corrected chi connectivity index (χ2v) is 2.39. The van der Waals surface area contributed by atoms with Gasteiger partial charge in [0.25, 0.3) is 6.43 Å². The molecule has 0 saturated heterocycles. The van der Waals surface area contributed by atoms with E-state index in [0.29, 0.717) is 18.3 Å². The molecule has 0 N–H and O–H groups in total. The van der Waals surface area contributed by atoms with E-state index in [1.165, 1.54) is 0 Å². The van der Waals surface area contributed by atoms with Gasteiger partial charge in [-0.15, -0.1) is 0 Å². The van der Waals surface area contributed by atoms with Crippen molar-refractivity contribution in [2.75, 3.05) is 0 Å². The standard InChI is InChI=1S/C6H4BF5N/c8-6(9)5-2-1-4(3-13-5)7(10,11)12/h1-3,6H/q-1. The van der Waals surface area contributed by atoms with Gasteiger partial charge >= 0.3 is 6.98 Å². The van der Waals surface area contributed by atoms with Gasteiger partial charge in [0.1, 0.15) is 5.69 Å². The lowest BCUT2D eigenvalue weighted by Crippen LogP contribution is -2.34. The van der Waals surface area contributed by atoms with Crippen LogP contribution in [0.15, 0.2) is 18.3 Å². The first-order chi connectivity index (χ1) is 5.91. The molecule has 0 saturated carbocycles. The Balaban J connectivity index is 2.94. The summed E-state index contributed by atoms with van der Waals surface area (Å²) in [6.45, 7) is -5.15. The van der Waals surface area contributed by atoms with Crippen molar-refractivity contribution in [1.29, 1.82) is 0 Å². The maximum absolute atomic E-state index is 12.0. The van der Waals surface area contributed by atoms with Crippen LogP contribution in [0.3, 0.4) is 0 Å². The summed E-state index contributed by atoms with van der Waals surface area (Å²) in [5.41, 5.74) is -1.62. The Bertz CT molecular complexity index is 280. The van der Waals surface area contributed by atoms with Gasteiger partial charge in [0.05, 0.1) is 0 Å². The maximum atomic E-state index is 12.0. The van der Waals surface area contributed by atoms with Crippen LogP contribution < -0.4 is 5.46 Å². The molecule has 0 amide bonds. The molecule has 0 aliphatic rings. The number of hydrogen-bond donors (Lipinski definition) is 0. The minimum atomic E-state index is -5.15. The highest BCUT2D eigenvalue weighted by Crippen LogP contribution is 2.15. The van der Waals surface area contributed by atoms with Crippen LogP contribution >= 0.6 is 0 Å². The summed E-state index contributed by atoms with van der Waals surface area (Å²) < 4.78 is 59.6. The van der Waals surface area contributed by atoms with E-state index in [0.717, 1.165) is 0 Å². The molecular weight excluding hydrogens is 192 g/mol. The van der Waals surface area contributed by atoms with Crippen molar-refractivity contribution in [2.45, 2.75) is 6.43 Å². The molecule has 0 aliphatic carbocycles. The van der Waals surface area contributed by atoms with Crippen LogP contribution in [0.5, 0.6) is 0 Å². The van der Waals surface area contributed by atoms with Crippen molar-refractivity contribution in [3.63, 3.8) is 0 Å². The van der Waals surface area contributed by atoms with Crippen LogP contribution in [-0.2, 0) is 0 Å². The number of aromatic nitrogens is 1. The first-order valence-corrected chi connectivity index (χ1v) is 3.35. The van der Waals surface area contributed by atoms with E-state index < -0.39 is 24.6 Å². The Hall–Kier alpha value is -1.14. The Morgan fingerprint density at radius 1 is 1.15 bits per heavy atom. The first-order valence-electron chi connectivity index (χ1n) is 3.35. The molecule has 72 valence electrons. The van der Waals surface area contributed by atoms with Crippen LogP contribution in [0.4, 0.5) is 21.7 Å². The van der Waals surface area contributed by atoms with E-state index >= 15 is 0 Å². The highest BCUT2D eigenvalue weighted by atomic mass is 19.4. The van der Waals surface area contributed by atoms with Crippen LogP contribution in [0.2, 0.25) is 0 Å². The second kappa shape index (κ2) is 3.31. The Labute approximate surface area is 70.6 Å². The summed E-state index contributed by atoms with van der Waals surface area (Å²) in [7, 11) is 0. The van der Waals surface area contributed by atoms with Gasteiger partial charge in [-0.1, -0.05) is 11.5 Å². The third-order valence-electron chi connectivity index (χ3n) is 1.41. The van der Waals surface area contributed by atoms with E-state index in [1.54, 1.807) is 0 Å². The van der Waals surface area contributed by atoms with Gasteiger partial charge in [-0.2, -0.15) is 0 Å². The third-order valence-corrected chi connectivity index (χ3v) is 1.41. The zero-order valence-corrected chi connectivity index (χ0v) is 6.22. The summed E-state index contributed by atoms with van der Waals surface area (Å²) in [6, 6.07) is 1.28. The second-order valence-electron chi connectivity index (χ2n) is 2.39. The Morgan fingerprint density at radius 3 is 2.08 bits per heavy atom. The molecule has 0 spiro atoms. The highest BCUT2D eigenvalue weighted by molar-refractivity contribution is 6.73. The number of rotatable bonds is 2. The average molecular weight is 196 g/mol. The van der Waals surface area contributed by atoms with E-state index in [4.69, 9.17) is 0 Å². The molecule has 0 bridgehead atoms. The van der Waals surface area contributed by atoms with Crippen molar-refractivity contribution >= 4 is 12.4 Å². The van der Waals surface area contributed by atoms with Crippen molar-refractivity contribution in [3.05, 3.63) is 24.0 Å². The number of hydrogen-bond acceptors (Lipinski definition) is 1. The predicted molar refractivity (Wildman–Crippen MR) is 37.9 cm³/mol. The van der Waals surface area contributed by atoms with Gasteiger partial charge in [-0.25, -0.2) is 8.78 Å². The third kappa shape index (κ3) is 2.40. The highest BCUT2D eigenvalue weighted by Gasteiger charge is 2.26. The number of nitrogens with zero attached hydrogens (tertiary/aromatic N) is 1. The van der Waals surface area contributed by atoms with Gasteiger partial charge in [-0.05, 0) is 6.07 Å². The summed E-state index contributed by atoms with van der Waals surface area (Å²) in [4.78, 5) is 2.99. The van der Waals surface area contributed by atoms with Crippen molar-refractivity contribution in [3.8, 4) is 0 Å². The fraction of sp³-hybridized carbons (Fsp3) is 0.167. The summed E-state index contributed by atoms with van der Waals surface area (Å²) in [6.07, 6.45) is -2.42. The maximum Gasteiger partial charge on any atom is 0.511 e. The molecule has 1 heterocycles. The normalized spacial score (nSPS) is 12.2. The Morgan fingerprint density at radius 2 is 1.77 bits per heavy atom. The number of pyridine rings is 1. The van der Waals surface area contributed by atoms with E-state index in [1.807, 2.05) is 0 Å². The molecule has 0 aromatic carbocycles. The van der Waals surface area contributed by atoms with Gasteiger partial charge in [0, 0.05) is 6.20 Å². The van der Waals surface area contributed by atoms with Crippen LogP contribution in [0.25, 0.3) is 0 Å². The van der Waals surface area contributed by atoms with Crippen LogP contribution in [0.1, 0.15) is 12.1 Å². The zero-order chi connectivity index (χ0) is 10.1. The molecule has 1 aromatic rings. The fourth-order valence-corrected chi connectivity index (χ4v) is 0.739. The SMILES string of the molecule is FC(F)c1ccc([B-](F)(F)F)cn1. The van der Waals surface area contributed by atoms with Crippen molar-refractivity contribution in [1.82, 2.24) is 4.98 Å². The molecular formula is C6H4BF5N-. The first kappa shape index (κ1) is 9.95. The summed E-state index contributed by atoms with van der Waals surface area (Å²) in [5.74, 6) is 0. The molecule has 0 aliphatic heterocycles. The summed E-state index contributed by atoms with van der Waals surface area (Å²) in [5, 5.41) is 0. The van der Waals surface area contributed by atoms with Crippen molar-refractivity contribution < 1.29 is 21.7 Å². The average Bonchev–Trinajstić information content (AvgIpc) is 2.03. The molecule has 13 heavy (non-hydrogen) atoms. The van der Waals surface area contributed by atoms with Crippen LogP contribution in [-0.4, -0.2) is 12.0 Å². The lowest BCUT2D eigenvalue weighted by atomic mass is 9.81. The smallest absolute Gasteiger partial charge is 0.445 e. The minimum Gasteiger partial charge on any atom is -0.445 e. The molecule has 0 fully saturated rings. The predicted octanol–water partition coefficient (Wildman–Crippen LogP) is 2.07. The van der Waals surface area contributed by atoms with E-state index in [-0.39, 0.29) is 0 Å². The van der Waals surface area contributed by atoms with Crippen LogP contribution in [0, 0.1) is 0 Å². The van der Waals surface area contributed by atoms with Gasteiger partial charge in [0.2, 0.25) is 0 Å². The number of halogens is 5. The minimum absolute atomic E-state index is 0.418. The largest absolute Gasteiger partial charge is 0.511 e. The fourth-order valence-electron chi connectivity index (χ4n) is 0.739. The van der Waals surface area contributed by atoms with Gasteiger partial charge in [-0.3, -0.25) is 4.98 Å².